The Morgan fingerprint density at radius 3 is 2.70 bits per heavy atom. The highest BCUT2D eigenvalue weighted by molar-refractivity contribution is 5.81. The molecule has 0 saturated heterocycles. The average Bonchev–Trinajstić information content (AvgIpc) is 3.18. The molecular formula is C22H26N3O2+. The molecule has 1 aliphatic rings. The molecule has 0 amide bonds. The molecule has 2 heterocycles. The van der Waals surface area contributed by atoms with Gasteiger partial charge in [-0.3, -0.25) is 4.48 Å². The first kappa shape index (κ1) is 17.6. The summed E-state index contributed by atoms with van der Waals surface area (Å²) in [5.74, 6) is 1.79. The Hall–Kier alpha value is -2.76. The molecule has 0 radical (unpaired) electrons. The van der Waals surface area contributed by atoms with Gasteiger partial charge in [-0.25, -0.2) is 0 Å². The fraction of sp³-hybridized carbons (Fsp3) is 0.273. The van der Waals surface area contributed by atoms with Crippen LogP contribution < -0.4 is 14.5 Å². The third-order valence-electron chi connectivity index (χ3n) is 5.09. The second kappa shape index (κ2) is 6.76. The second-order valence-electron chi connectivity index (χ2n) is 7.40. The molecule has 5 heteroatoms. The fourth-order valence-electron chi connectivity index (χ4n) is 3.66. The molecule has 0 bridgehead atoms. The van der Waals surface area contributed by atoms with E-state index in [1.807, 2.05) is 13.1 Å². The maximum Gasteiger partial charge on any atom is 0.186 e. The van der Waals surface area contributed by atoms with Crippen molar-refractivity contribution in [1.82, 2.24) is 14.4 Å². The molecule has 5 nitrogen and oxygen atoms in total. The van der Waals surface area contributed by atoms with E-state index in [0.717, 1.165) is 29.3 Å². The van der Waals surface area contributed by atoms with Crippen LogP contribution in [0.25, 0.3) is 16.7 Å². The second-order valence-corrected chi connectivity index (χ2v) is 7.40. The molecule has 27 heavy (non-hydrogen) atoms. The van der Waals surface area contributed by atoms with Crippen molar-refractivity contribution in [2.24, 2.45) is 0 Å². The summed E-state index contributed by atoms with van der Waals surface area (Å²) >= 11 is 0. The van der Waals surface area contributed by atoms with E-state index in [1.54, 1.807) is 7.11 Å². The van der Waals surface area contributed by atoms with Gasteiger partial charge in [0, 0.05) is 17.8 Å². The first-order valence-corrected chi connectivity index (χ1v) is 9.12. The van der Waals surface area contributed by atoms with Crippen molar-refractivity contribution in [2.45, 2.75) is 13.3 Å². The SMILES string of the molecule is CNCn1ccc2ccc(COC3=C[N+](C)(C)c4cc(OC)ccc43)cc21. The Bertz CT molecular complexity index is 1020. The number of nitrogens with zero attached hydrogens (tertiary/aromatic N) is 2. The van der Waals surface area contributed by atoms with Gasteiger partial charge in [-0.15, -0.1) is 0 Å². The molecule has 0 saturated carbocycles. The molecule has 0 fully saturated rings. The number of quaternary nitrogens is 1. The Kier molecular flexibility index (Phi) is 4.42. The number of methoxy groups -OCH3 is 1. The molecule has 140 valence electrons. The van der Waals surface area contributed by atoms with Crippen molar-refractivity contribution < 1.29 is 9.47 Å². The highest BCUT2D eigenvalue weighted by atomic mass is 16.5. The van der Waals surface area contributed by atoms with Crippen molar-refractivity contribution in [1.29, 1.82) is 0 Å². The predicted molar refractivity (Wildman–Crippen MR) is 110 cm³/mol. The third-order valence-corrected chi connectivity index (χ3v) is 5.09. The lowest BCUT2D eigenvalue weighted by Crippen LogP contribution is -2.31. The normalized spacial score (nSPS) is 14.9. The average molecular weight is 364 g/mol. The number of benzene rings is 2. The van der Waals surface area contributed by atoms with Gasteiger partial charge in [-0.1, -0.05) is 12.1 Å². The van der Waals surface area contributed by atoms with E-state index in [1.165, 1.54) is 16.6 Å². The Balaban J connectivity index is 1.57. The van der Waals surface area contributed by atoms with Crippen LogP contribution in [-0.2, 0) is 18.0 Å². The highest BCUT2D eigenvalue weighted by Gasteiger charge is 2.33. The zero-order valence-corrected chi connectivity index (χ0v) is 16.3. The van der Waals surface area contributed by atoms with Crippen molar-refractivity contribution >= 4 is 22.3 Å². The number of hydrogen-bond acceptors (Lipinski definition) is 3. The van der Waals surface area contributed by atoms with E-state index < -0.39 is 0 Å². The van der Waals surface area contributed by atoms with Crippen molar-refractivity contribution in [3.8, 4) is 5.75 Å². The minimum absolute atomic E-state index is 0.540. The Labute approximate surface area is 160 Å². The van der Waals surface area contributed by atoms with E-state index >= 15 is 0 Å². The van der Waals surface area contributed by atoms with Crippen molar-refractivity contribution in [3.05, 3.63) is 66.0 Å². The van der Waals surface area contributed by atoms with Crippen LogP contribution in [0.1, 0.15) is 11.1 Å². The van der Waals surface area contributed by atoms with E-state index in [4.69, 9.17) is 9.47 Å². The van der Waals surface area contributed by atoms with Crippen LogP contribution in [0.4, 0.5) is 5.69 Å². The number of fused-ring (bicyclic) bond motifs is 2. The highest BCUT2D eigenvalue weighted by Crippen LogP contribution is 2.41. The number of hydrogen-bond donors (Lipinski definition) is 1. The lowest BCUT2D eigenvalue weighted by atomic mass is 10.1. The monoisotopic (exact) mass is 364 g/mol. The summed E-state index contributed by atoms with van der Waals surface area (Å²) in [4.78, 5) is 0. The first-order chi connectivity index (χ1) is 13.0. The first-order valence-electron chi connectivity index (χ1n) is 9.12. The Morgan fingerprint density at radius 1 is 1.07 bits per heavy atom. The molecule has 1 N–H and O–H groups in total. The summed E-state index contributed by atoms with van der Waals surface area (Å²) in [6, 6.07) is 14.8. The molecule has 0 unspecified atom stereocenters. The van der Waals surface area contributed by atoms with Crippen LogP contribution in [0.2, 0.25) is 0 Å². The minimum atomic E-state index is 0.540. The number of rotatable bonds is 6. The maximum absolute atomic E-state index is 6.23. The van der Waals surface area contributed by atoms with Gasteiger partial charge >= 0.3 is 0 Å². The summed E-state index contributed by atoms with van der Waals surface area (Å²) in [6.45, 7) is 1.33. The number of nitrogens with one attached hydrogen (secondary N) is 1. The minimum Gasteiger partial charge on any atom is -0.497 e. The van der Waals surface area contributed by atoms with Crippen LogP contribution in [0.5, 0.6) is 5.75 Å². The summed E-state index contributed by atoms with van der Waals surface area (Å²) in [5.41, 5.74) is 4.68. The lowest BCUT2D eigenvalue weighted by Gasteiger charge is -2.20. The van der Waals surface area contributed by atoms with Gasteiger partial charge in [0.1, 0.15) is 18.6 Å². The van der Waals surface area contributed by atoms with Crippen LogP contribution in [0.3, 0.4) is 0 Å². The summed E-state index contributed by atoms with van der Waals surface area (Å²) in [6.07, 6.45) is 4.25. The largest absolute Gasteiger partial charge is 0.497 e. The third kappa shape index (κ3) is 3.20. The fourth-order valence-corrected chi connectivity index (χ4v) is 3.66. The van der Waals surface area contributed by atoms with Gasteiger partial charge < -0.3 is 19.4 Å². The summed E-state index contributed by atoms with van der Waals surface area (Å²) < 4.78 is 14.5. The zero-order valence-electron chi connectivity index (χ0n) is 16.3. The van der Waals surface area contributed by atoms with Gasteiger partial charge in [0.2, 0.25) is 0 Å². The topological polar surface area (TPSA) is 35.4 Å². The van der Waals surface area contributed by atoms with Crippen molar-refractivity contribution in [2.75, 3.05) is 28.3 Å². The molecular weight excluding hydrogens is 338 g/mol. The molecule has 1 aliphatic heterocycles. The Morgan fingerprint density at radius 2 is 1.93 bits per heavy atom. The van der Waals surface area contributed by atoms with Crippen LogP contribution >= 0.6 is 0 Å². The van der Waals surface area contributed by atoms with Gasteiger partial charge in [-0.05, 0) is 42.3 Å². The van der Waals surface area contributed by atoms with Crippen LogP contribution in [0, 0.1) is 0 Å². The van der Waals surface area contributed by atoms with Gasteiger partial charge in [0.15, 0.2) is 11.4 Å². The molecule has 0 spiro atoms. The smallest absolute Gasteiger partial charge is 0.186 e. The van der Waals surface area contributed by atoms with E-state index in [-0.39, 0.29) is 0 Å². The maximum atomic E-state index is 6.23. The molecule has 0 atom stereocenters. The molecule has 2 aromatic carbocycles. The van der Waals surface area contributed by atoms with Crippen LogP contribution in [-0.4, -0.2) is 32.8 Å². The van der Waals surface area contributed by atoms with E-state index in [2.05, 4.69) is 72.8 Å². The van der Waals surface area contributed by atoms with Crippen LogP contribution in [0.15, 0.2) is 54.9 Å². The van der Waals surface area contributed by atoms with Crippen molar-refractivity contribution in [3.63, 3.8) is 0 Å². The van der Waals surface area contributed by atoms with E-state index in [0.29, 0.717) is 11.1 Å². The predicted octanol–water partition coefficient (Wildman–Crippen LogP) is 3.92. The van der Waals surface area contributed by atoms with Gasteiger partial charge in [-0.2, -0.15) is 0 Å². The number of aromatic nitrogens is 1. The van der Waals surface area contributed by atoms with E-state index in [9.17, 15) is 0 Å². The summed E-state index contributed by atoms with van der Waals surface area (Å²) in [7, 11) is 7.94. The molecule has 0 aliphatic carbocycles. The molecule has 4 rings (SSSR count). The standard InChI is InChI=1S/C22H26N3O2/c1-23-15-24-10-9-17-6-5-16(11-20(17)24)14-27-22-13-25(2,3)21-12-18(26-4)7-8-19(21)22/h5-13,23H,14-15H2,1-4H3/q+1. The van der Waals surface area contributed by atoms with Gasteiger partial charge in [0.25, 0.3) is 0 Å². The lowest BCUT2D eigenvalue weighted by molar-refractivity contribution is 0.263. The van der Waals surface area contributed by atoms with Gasteiger partial charge in [0.05, 0.1) is 33.4 Å². The quantitative estimate of drug-likeness (QED) is 0.674. The molecule has 1 aromatic heterocycles. The zero-order chi connectivity index (χ0) is 19.0. The molecule has 3 aromatic rings. The number of ether oxygens (including phenoxy) is 2. The summed E-state index contributed by atoms with van der Waals surface area (Å²) in [5, 5.41) is 4.44.